The van der Waals surface area contributed by atoms with E-state index in [2.05, 4.69) is 77.9 Å². The van der Waals surface area contributed by atoms with Gasteiger partial charge in [-0.1, -0.05) is 42.8 Å². The van der Waals surface area contributed by atoms with Gasteiger partial charge >= 0.3 is 0 Å². The predicted octanol–water partition coefficient (Wildman–Crippen LogP) is 5.18. The lowest BCUT2D eigenvalue weighted by atomic mass is 9.81. The van der Waals surface area contributed by atoms with Crippen LogP contribution in [0.2, 0.25) is 0 Å². The monoisotopic (exact) mass is 393 g/mol. The molecule has 0 aromatic heterocycles. The number of piperidine rings is 2. The van der Waals surface area contributed by atoms with E-state index in [0.29, 0.717) is 18.1 Å². The number of rotatable bonds is 4. The van der Waals surface area contributed by atoms with E-state index in [0.717, 1.165) is 17.3 Å². The number of aryl methyl sites for hydroxylation is 2. The first-order chi connectivity index (χ1) is 13.6. The Kier molecular flexibility index (Phi) is 5.98. The van der Waals surface area contributed by atoms with Crippen LogP contribution in [0, 0.1) is 13.8 Å². The third-order valence-corrected chi connectivity index (χ3v) is 6.37. The van der Waals surface area contributed by atoms with Crippen LogP contribution < -0.4 is 10.6 Å². The second-order valence-electron chi connectivity index (χ2n) is 8.54. The Bertz CT molecular complexity index is 786. The highest BCUT2D eigenvalue weighted by Crippen LogP contribution is 2.35. The summed E-state index contributed by atoms with van der Waals surface area (Å²) in [4.78, 5) is 2.75. The van der Waals surface area contributed by atoms with Gasteiger partial charge in [-0.2, -0.15) is 0 Å². The van der Waals surface area contributed by atoms with E-state index in [1.807, 2.05) is 0 Å². The van der Waals surface area contributed by atoms with E-state index in [1.54, 1.807) is 0 Å². The molecule has 4 heteroatoms. The third-order valence-electron chi connectivity index (χ3n) is 6.15. The van der Waals surface area contributed by atoms with Crippen molar-refractivity contribution >= 4 is 23.0 Å². The van der Waals surface area contributed by atoms with E-state index in [9.17, 15) is 0 Å². The highest BCUT2D eigenvalue weighted by molar-refractivity contribution is 7.80. The molecule has 2 bridgehead atoms. The number of benzene rings is 2. The Labute approximate surface area is 174 Å². The second kappa shape index (κ2) is 8.62. The van der Waals surface area contributed by atoms with E-state index < -0.39 is 0 Å². The summed E-state index contributed by atoms with van der Waals surface area (Å²) in [6, 6.07) is 19.2. The molecule has 2 fully saturated rings. The molecule has 2 heterocycles. The van der Waals surface area contributed by atoms with Gasteiger partial charge in [-0.15, -0.1) is 0 Å². The summed E-state index contributed by atoms with van der Waals surface area (Å²) in [5.41, 5.74) is 5.03. The van der Waals surface area contributed by atoms with Crippen molar-refractivity contribution in [1.29, 1.82) is 0 Å². The molecule has 2 aromatic carbocycles. The molecular weight excluding hydrogens is 362 g/mol. The maximum absolute atomic E-state index is 5.63. The second-order valence-corrected chi connectivity index (χ2v) is 8.95. The van der Waals surface area contributed by atoms with Crippen LogP contribution in [0.25, 0.3) is 0 Å². The summed E-state index contributed by atoms with van der Waals surface area (Å²) in [5, 5.41) is 7.76. The SMILES string of the molecule is Cc1cc(C)cc(NC(=S)NC2C[C@H]3CCC[C@H](C2)N3Cc2ccccc2)c1. The predicted molar refractivity (Wildman–Crippen MR) is 122 cm³/mol. The van der Waals surface area contributed by atoms with Gasteiger partial charge in [0, 0.05) is 30.4 Å². The molecule has 0 spiro atoms. The first-order valence-corrected chi connectivity index (χ1v) is 10.9. The van der Waals surface area contributed by atoms with Crippen molar-refractivity contribution in [2.24, 2.45) is 0 Å². The fourth-order valence-corrected chi connectivity index (χ4v) is 5.33. The van der Waals surface area contributed by atoms with E-state index in [4.69, 9.17) is 12.2 Å². The minimum atomic E-state index is 0.466. The normalized spacial score (nSPS) is 24.6. The minimum absolute atomic E-state index is 0.466. The summed E-state index contributed by atoms with van der Waals surface area (Å²) in [7, 11) is 0. The van der Waals surface area contributed by atoms with E-state index in [1.165, 1.54) is 48.8 Å². The molecule has 0 amide bonds. The minimum Gasteiger partial charge on any atom is -0.360 e. The molecule has 2 N–H and O–H groups in total. The van der Waals surface area contributed by atoms with Gasteiger partial charge in [-0.05, 0) is 80.6 Å². The molecule has 2 saturated heterocycles. The molecule has 2 aliphatic heterocycles. The highest BCUT2D eigenvalue weighted by atomic mass is 32.1. The van der Waals surface area contributed by atoms with Crippen molar-refractivity contribution in [3.8, 4) is 0 Å². The molecule has 0 radical (unpaired) electrons. The molecule has 0 unspecified atom stereocenters. The number of thiocarbonyl (C=S) groups is 1. The molecule has 148 valence electrons. The molecule has 2 aliphatic rings. The third kappa shape index (κ3) is 4.73. The summed E-state index contributed by atoms with van der Waals surface area (Å²) in [6.45, 7) is 5.32. The lowest BCUT2D eigenvalue weighted by Crippen LogP contribution is -2.56. The van der Waals surface area contributed by atoms with Gasteiger partial charge in [0.15, 0.2) is 5.11 Å². The highest BCUT2D eigenvalue weighted by Gasteiger charge is 2.38. The Balaban J connectivity index is 1.36. The summed E-state index contributed by atoms with van der Waals surface area (Å²) < 4.78 is 0. The van der Waals surface area contributed by atoms with E-state index in [-0.39, 0.29) is 0 Å². The topological polar surface area (TPSA) is 27.3 Å². The number of nitrogens with one attached hydrogen (secondary N) is 2. The van der Waals surface area contributed by atoms with Crippen LogP contribution in [0.4, 0.5) is 5.69 Å². The fourth-order valence-electron chi connectivity index (χ4n) is 5.05. The number of fused-ring (bicyclic) bond motifs is 2. The molecule has 28 heavy (non-hydrogen) atoms. The zero-order chi connectivity index (χ0) is 19.5. The van der Waals surface area contributed by atoms with Crippen LogP contribution in [-0.2, 0) is 6.54 Å². The standard InChI is InChI=1S/C24H31N3S/c1-17-11-18(2)13-20(12-17)25-24(28)26-21-14-22-9-6-10-23(15-21)27(22)16-19-7-4-3-5-8-19/h3-5,7-8,11-13,21-23H,6,9-10,14-16H2,1-2H3,(H2,25,26,28)/t22-,23-/m1/s1. The van der Waals surface area contributed by atoms with Crippen LogP contribution >= 0.6 is 12.2 Å². The van der Waals surface area contributed by atoms with Gasteiger partial charge in [0.25, 0.3) is 0 Å². The van der Waals surface area contributed by atoms with Crippen molar-refractivity contribution in [2.45, 2.75) is 70.6 Å². The molecule has 3 nitrogen and oxygen atoms in total. The fraction of sp³-hybridized carbons (Fsp3) is 0.458. The number of nitrogens with zero attached hydrogens (tertiary/aromatic N) is 1. The molecule has 0 aliphatic carbocycles. The molecule has 0 saturated carbocycles. The number of hydrogen-bond acceptors (Lipinski definition) is 2. The van der Waals surface area contributed by atoms with Crippen molar-refractivity contribution in [1.82, 2.24) is 10.2 Å². The van der Waals surface area contributed by atoms with Crippen molar-refractivity contribution < 1.29 is 0 Å². The van der Waals surface area contributed by atoms with Crippen LogP contribution in [0.15, 0.2) is 48.5 Å². The van der Waals surface area contributed by atoms with Crippen LogP contribution in [-0.4, -0.2) is 28.1 Å². The maximum Gasteiger partial charge on any atom is 0.170 e. The molecule has 4 rings (SSSR count). The summed E-state index contributed by atoms with van der Waals surface area (Å²) in [6.07, 6.45) is 6.33. The number of hydrogen-bond donors (Lipinski definition) is 2. The van der Waals surface area contributed by atoms with Crippen molar-refractivity contribution in [3.05, 3.63) is 65.2 Å². The summed E-state index contributed by atoms with van der Waals surface area (Å²) in [5.74, 6) is 0. The van der Waals surface area contributed by atoms with Gasteiger partial charge in [-0.3, -0.25) is 4.90 Å². The van der Waals surface area contributed by atoms with Crippen LogP contribution in [0.5, 0.6) is 0 Å². The first kappa shape index (κ1) is 19.4. The molecule has 2 aromatic rings. The van der Waals surface area contributed by atoms with Crippen LogP contribution in [0.1, 0.15) is 48.8 Å². The van der Waals surface area contributed by atoms with Gasteiger partial charge in [0.1, 0.15) is 0 Å². The Morgan fingerprint density at radius 2 is 1.64 bits per heavy atom. The van der Waals surface area contributed by atoms with Crippen molar-refractivity contribution in [2.75, 3.05) is 5.32 Å². The van der Waals surface area contributed by atoms with Gasteiger partial charge in [-0.25, -0.2) is 0 Å². The Hall–Kier alpha value is -1.91. The smallest absolute Gasteiger partial charge is 0.170 e. The molecular formula is C24H31N3S. The number of anilines is 1. The first-order valence-electron chi connectivity index (χ1n) is 10.5. The van der Waals surface area contributed by atoms with Gasteiger partial charge in [0.05, 0.1) is 0 Å². The zero-order valence-electron chi connectivity index (χ0n) is 16.9. The lowest BCUT2D eigenvalue weighted by molar-refractivity contribution is 0.0212. The zero-order valence-corrected chi connectivity index (χ0v) is 17.8. The Morgan fingerprint density at radius 3 is 2.29 bits per heavy atom. The average molecular weight is 394 g/mol. The largest absolute Gasteiger partial charge is 0.360 e. The van der Waals surface area contributed by atoms with Gasteiger partial charge < -0.3 is 10.6 Å². The van der Waals surface area contributed by atoms with Gasteiger partial charge in [0.2, 0.25) is 0 Å². The van der Waals surface area contributed by atoms with Crippen molar-refractivity contribution in [3.63, 3.8) is 0 Å². The quantitative estimate of drug-likeness (QED) is 0.700. The van der Waals surface area contributed by atoms with E-state index >= 15 is 0 Å². The van der Waals surface area contributed by atoms with Crippen LogP contribution in [0.3, 0.4) is 0 Å². The lowest BCUT2D eigenvalue weighted by Gasteiger charge is -2.49. The maximum atomic E-state index is 5.63. The molecule has 2 atom stereocenters. The summed E-state index contributed by atoms with van der Waals surface area (Å²) >= 11 is 5.63. The average Bonchev–Trinajstić information content (AvgIpc) is 2.62. The Morgan fingerprint density at radius 1 is 1.00 bits per heavy atom.